The van der Waals surface area contributed by atoms with E-state index in [2.05, 4.69) is 10.6 Å². The number of benzene rings is 1. The Balaban J connectivity index is 1.27. The summed E-state index contributed by atoms with van der Waals surface area (Å²) in [6.07, 6.45) is 5.50. The van der Waals surface area contributed by atoms with E-state index in [9.17, 15) is 4.79 Å². The predicted octanol–water partition coefficient (Wildman–Crippen LogP) is 1.95. The Bertz CT molecular complexity index is 563. The molecule has 4 rings (SSSR count). The standard InChI is InChI=1S/C17H22N2O3/c20-17(8-12-5-13-2-3-14(6-12)19-13)18-9-11-1-4-15-16(7-11)22-10-21-15/h1,4,7,12-14,19H,2-3,5-6,8-10H2,(H,18,20). The lowest BCUT2D eigenvalue weighted by Crippen LogP contribution is -2.39. The molecule has 2 fully saturated rings. The van der Waals surface area contributed by atoms with Crippen molar-refractivity contribution in [2.75, 3.05) is 6.79 Å². The molecule has 0 aromatic heterocycles. The number of carbonyl (C=O) groups is 1. The van der Waals surface area contributed by atoms with Gasteiger partial charge in [-0.25, -0.2) is 0 Å². The molecule has 2 N–H and O–H groups in total. The largest absolute Gasteiger partial charge is 0.454 e. The van der Waals surface area contributed by atoms with Crippen LogP contribution in [0.5, 0.6) is 11.5 Å². The quantitative estimate of drug-likeness (QED) is 0.892. The summed E-state index contributed by atoms with van der Waals surface area (Å²) in [5.41, 5.74) is 1.04. The third-order valence-corrected chi connectivity index (χ3v) is 4.97. The number of ether oxygens (including phenoxy) is 2. The van der Waals surface area contributed by atoms with Crippen LogP contribution in [0, 0.1) is 5.92 Å². The van der Waals surface area contributed by atoms with Crippen molar-refractivity contribution >= 4 is 5.91 Å². The average molecular weight is 302 g/mol. The molecule has 2 unspecified atom stereocenters. The highest BCUT2D eigenvalue weighted by molar-refractivity contribution is 5.76. The van der Waals surface area contributed by atoms with E-state index in [1.54, 1.807) is 0 Å². The minimum absolute atomic E-state index is 0.156. The Kier molecular flexibility index (Phi) is 3.66. The lowest BCUT2D eigenvalue weighted by molar-refractivity contribution is -0.122. The number of carbonyl (C=O) groups excluding carboxylic acids is 1. The van der Waals surface area contributed by atoms with Crippen LogP contribution in [0.1, 0.15) is 37.7 Å². The first kappa shape index (κ1) is 13.9. The molecule has 3 aliphatic rings. The zero-order valence-corrected chi connectivity index (χ0v) is 12.6. The Labute approximate surface area is 130 Å². The van der Waals surface area contributed by atoms with Gasteiger partial charge < -0.3 is 20.1 Å². The molecule has 0 radical (unpaired) electrons. The van der Waals surface area contributed by atoms with E-state index >= 15 is 0 Å². The van der Waals surface area contributed by atoms with Gasteiger partial charge in [0.25, 0.3) is 0 Å². The van der Waals surface area contributed by atoms with E-state index in [1.165, 1.54) is 12.8 Å². The summed E-state index contributed by atoms with van der Waals surface area (Å²) in [5, 5.41) is 6.65. The maximum Gasteiger partial charge on any atom is 0.231 e. The van der Waals surface area contributed by atoms with Gasteiger partial charge >= 0.3 is 0 Å². The minimum Gasteiger partial charge on any atom is -0.454 e. The lowest BCUT2D eigenvalue weighted by atomic mass is 9.89. The summed E-state index contributed by atoms with van der Waals surface area (Å²) >= 11 is 0. The van der Waals surface area contributed by atoms with Gasteiger partial charge in [0.05, 0.1) is 0 Å². The summed E-state index contributed by atoms with van der Waals surface area (Å²) in [6.45, 7) is 0.830. The highest BCUT2D eigenvalue weighted by atomic mass is 16.7. The number of hydrogen-bond donors (Lipinski definition) is 2. The third-order valence-electron chi connectivity index (χ3n) is 4.97. The van der Waals surface area contributed by atoms with Crippen molar-refractivity contribution in [3.8, 4) is 11.5 Å². The fraction of sp³-hybridized carbons (Fsp3) is 0.588. The predicted molar refractivity (Wildman–Crippen MR) is 81.7 cm³/mol. The fourth-order valence-corrected chi connectivity index (χ4v) is 3.93. The Morgan fingerprint density at radius 1 is 1.18 bits per heavy atom. The number of fused-ring (bicyclic) bond motifs is 3. The van der Waals surface area contributed by atoms with Gasteiger partial charge in [-0.1, -0.05) is 6.07 Å². The van der Waals surface area contributed by atoms with Crippen LogP contribution >= 0.6 is 0 Å². The zero-order valence-electron chi connectivity index (χ0n) is 12.6. The maximum absolute atomic E-state index is 12.2. The van der Waals surface area contributed by atoms with Gasteiger partial charge in [-0.15, -0.1) is 0 Å². The van der Waals surface area contributed by atoms with E-state index < -0.39 is 0 Å². The van der Waals surface area contributed by atoms with Crippen molar-refractivity contribution in [3.63, 3.8) is 0 Å². The zero-order chi connectivity index (χ0) is 14.9. The first-order valence-corrected chi connectivity index (χ1v) is 8.17. The van der Waals surface area contributed by atoms with Crippen molar-refractivity contribution in [1.82, 2.24) is 10.6 Å². The van der Waals surface area contributed by atoms with Crippen LogP contribution in [-0.2, 0) is 11.3 Å². The van der Waals surface area contributed by atoms with Gasteiger partial charge in [-0.05, 0) is 49.3 Å². The molecule has 1 amide bonds. The molecule has 2 atom stereocenters. The fourth-order valence-electron chi connectivity index (χ4n) is 3.93. The molecule has 1 aromatic carbocycles. The van der Waals surface area contributed by atoms with Gasteiger partial charge in [0.1, 0.15) is 0 Å². The van der Waals surface area contributed by atoms with Gasteiger partial charge in [0.2, 0.25) is 12.7 Å². The second-order valence-corrected chi connectivity index (χ2v) is 6.64. The van der Waals surface area contributed by atoms with Gasteiger partial charge in [-0.2, -0.15) is 0 Å². The number of piperidine rings is 1. The number of hydrogen-bond acceptors (Lipinski definition) is 4. The van der Waals surface area contributed by atoms with Gasteiger partial charge in [-0.3, -0.25) is 4.79 Å². The molecule has 0 saturated carbocycles. The van der Waals surface area contributed by atoms with Crippen molar-refractivity contribution in [2.24, 2.45) is 5.92 Å². The molecule has 3 heterocycles. The smallest absolute Gasteiger partial charge is 0.231 e. The second-order valence-electron chi connectivity index (χ2n) is 6.64. The molecule has 3 aliphatic heterocycles. The first-order valence-electron chi connectivity index (χ1n) is 8.17. The van der Waals surface area contributed by atoms with Crippen molar-refractivity contribution in [2.45, 2.75) is 50.7 Å². The summed E-state index contributed by atoms with van der Waals surface area (Å²) in [4.78, 5) is 12.2. The van der Waals surface area contributed by atoms with Gasteiger partial charge in [0, 0.05) is 25.0 Å². The SMILES string of the molecule is O=C(CC1CC2CCC(C1)N2)NCc1ccc2c(c1)OCO2. The van der Waals surface area contributed by atoms with Gasteiger partial charge in [0.15, 0.2) is 11.5 Å². The summed E-state index contributed by atoms with van der Waals surface area (Å²) < 4.78 is 10.6. The monoisotopic (exact) mass is 302 g/mol. The van der Waals surface area contributed by atoms with Crippen LogP contribution in [-0.4, -0.2) is 24.8 Å². The normalized spacial score (nSPS) is 28.6. The van der Waals surface area contributed by atoms with E-state index in [4.69, 9.17) is 9.47 Å². The molecule has 0 aliphatic carbocycles. The van der Waals surface area contributed by atoms with E-state index in [-0.39, 0.29) is 12.7 Å². The van der Waals surface area contributed by atoms with Crippen LogP contribution in [0.25, 0.3) is 0 Å². The second kappa shape index (κ2) is 5.80. The lowest BCUT2D eigenvalue weighted by Gasteiger charge is -2.28. The topological polar surface area (TPSA) is 59.6 Å². The van der Waals surface area contributed by atoms with E-state index in [1.807, 2.05) is 18.2 Å². The van der Waals surface area contributed by atoms with Crippen LogP contribution in [0.15, 0.2) is 18.2 Å². The molecule has 0 spiro atoms. The van der Waals surface area contributed by atoms with Crippen molar-refractivity contribution < 1.29 is 14.3 Å². The number of amides is 1. The number of nitrogens with one attached hydrogen (secondary N) is 2. The van der Waals surface area contributed by atoms with E-state index in [0.29, 0.717) is 31.0 Å². The molecular weight excluding hydrogens is 280 g/mol. The van der Waals surface area contributed by atoms with Crippen molar-refractivity contribution in [3.05, 3.63) is 23.8 Å². The molecule has 22 heavy (non-hydrogen) atoms. The summed E-state index contributed by atoms with van der Waals surface area (Å²) in [7, 11) is 0. The minimum atomic E-state index is 0.156. The number of rotatable bonds is 4. The molecule has 2 bridgehead atoms. The van der Waals surface area contributed by atoms with Crippen LogP contribution in [0.2, 0.25) is 0 Å². The highest BCUT2D eigenvalue weighted by Gasteiger charge is 2.34. The average Bonchev–Trinajstić information content (AvgIpc) is 3.11. The van der Waals surface area contributed by atoms with Crippen LogP contribution in [0.3, 0.4) is 0 Å². The summed E-state index contributed by atoms with van der Waals surface area (Å²) in [5.74, 6) is 2.24. The van der Waals surface area contributed by atoms with Crippen LogP contribution < -0.4 is 20.1 Å². The Morgan fingerprint density at radius 2 is 1.95 bits per heavy atom. The molecule has 1 aromatic rings. The molecule has 2 saturated heterocycles. The first-order chi connectivity index (χ1) is 10.8. The highest BCUT2D eigenvalue weighted by Crippen LogP contribution is 2.33. The molecule has 118 valence electrons. The van der Waals surface area contributed by atoms with E-state index in [0.717, 1.165) is 29.9 Å². The third kappa shape index (κ3) is 2.90. The van der Waals surface area contributed by atoms with Crippen LogP contribution in [0.4, 0.5) is 0 Å². The molecule has 5 heteroatoms. The Hall–Kier alpha value is -1.75. The molecular formula is C17H22N2O3. The summed E-state index contributed by atoms with van der Waals surface area (Å²) in [6, 6.07) is 7.09. The van der Waals surface area contributed by atoms with Crippen molar-refractivity contribution in [1.29, 1.82) is 0 Å². The maximum atomic E-state index is 12.2. The Morgan fingerprint density at radius 3 is 2.77 bits per heavy atom. The molecule has 5 nitrogen and oxygen atoms in total.